The number of aryl methyl sites for hydroxylation is 1. The third-order valence-corrected chi connectivity index (χ3v) is 6.79. The van der Waals surface area contributed by atoms with Gasteiger partial charge in [-0.2, -0.15) is 0 Å². The van der Waals surface area contributed by atoms with E-state index in [1.165, 1.54) is 37.9 Å². The Hall–Kier alpha value is -3.01. The number of hydrogen-bond donors (Lipinski definition) is 1. The number of hydrogen-bond acceptors (Lipinski definition) is 3. The van der Waals surface area contributed by atoms with Gasteiger partial charge in [-0.3, -0.25) is 0 Å². The maximum Gasteiger partial charge on any atom is 0.0453 e. The zero-order valence-corrected chi connectivity index (χ0v) is 19.6. The van der Waals surface area contributed by atoms with E-state index in [9.17, 15) is 0 Å². The number of benzene rings is 4. The topological polar surface area (TPSA) is 15.3 Å². The molecule has 3 heteroatoms. The molecular weight excluding hydrogens is 408 g/mol. The third-order valence-electron chi connectivity index (χ3n) is 5.66. The third kappa shape index (κ3) is 5.61. The first-order valence-corrected chi connectivity index (χ1v) is 12.0. The van der Waals surface area contributed by atoms with Gasteiger partial charge in [0.2, 0.25) is 0 Å². The van der Waals surface area contributed by atoms with Gasteiger partial charge in [0.15, 0.2) is 0 Å². The van der Waals surface area contributed by atoms with E-state index in [1.807, 2.05) is 11.8 Å². The second kappa shape index (κ2) is 11.0. The molecule has 0 fully saturated rings. The van der Waals surface area contributed by atoms with E-state index in [2.05, 4.69) is 127 Å². The van der Waals surface area contributed by atoms with E-state index in [0.717, 1.165) is 19.5 Å². The van der Waals surface area contributed by atoms with Crippen LogP contribution in [0.15, 0.2) is 113 Å². The summed E-state index contributed by atoms with van der Waals surface area (Å²) in [5.74, 6) is 0. The molecule has 162 valence electrons. The van der Waals surface area contributed by atoms with Crippen LogP contribution in [0.4, 0.5) is 11.4 Å². The van der Waals surface area contributed by atoms with Crippen LogP contribution in [0.3, 0.4) is 0 Å². The largest absolute Gasteiger partial charge is 0.344 e. The van der Waals surface area contributed by atoms with E-state index < -0.39 is 0 Å². The first-order chi connectivity index (χ1) is 15.7. The second-order valence-corrected chi connectivity index (χ2v) is 8.95. The fraction of sp³-hybridized carbons (Fsp3) is 0.172. The minimum absolute atomic E-state index is 0.817. The highest BCUT2D eigenvalue weighted by molar-refractivity contribution is 7.99. The van der Waals surface area contributed by atoms with Crippen LogP contribution in [0.1, 0.15) is 23.6 Å². The Morgan fingerprint density at radius 3 is 2.06 bits per heavy atom. The number of anilines is 2. The zero-order valence-electron chi connectivity index (χ0n) is 18.8. The molecule has 0 atom stereocenters. The van der Waals surface area contributed by atoms with Crippen molar-refractivity contribution in [1.29, 1.82) is 0 Å². The van der Waals surface area contributed by atoms with Crippen molar-refractivity contribution in [2.45, 2.75) is 36.2 Å². The summed E-state index contributed by atoms with van der Waals surface area (Å²) in [7, 11) is 2.13. The Morgan fingerprint density at radius 1 is 0.688 bits per heavy atom. The number of rotatable bonds is 9. The maximum absolute atomic E-state index is 3.67. The van der Waals surface area contributed by atoms with Crippen molar-refractivity contribution in [3.63, 3.8) is 0 Å². The highest BCUT2D eigenvalue weighted by atomic mass is 32.2. The van der Waals surface area contributed by atoms with Gasteiger partial charge in [-0.05, 0) is 59.5 Å². The first kappa shape index (κ1) is 22.2. The molecule has 0 aliphatic carbocycles. The molecule has 0 radical (unpaired) electrons. The summed E-state index contributed by atoms with van der Waals surface area (Å²) in [6.07, 6.45) is 1.08. The van der Waals surface area contributed by atoms with Crippen LogP contribution < -0.4 is 10.2 Å². The van der Waals surface area contributed by atoms with Crippen LogP contribution in [0.25, 0.3) is 0 Å². The molecule has 0 amide bonds. The van der Waals surface area contributed by atoms with Crippen molar-refractivity contribution in [2.24, 2.45) is 0 Å². The van der Waals surface area contributed by atoms with Gasteiger partial charge in [-0.15, -0.1) is 0 Å². The molecule has 0 saturated heterocycles. The van der Waals surface area contributed by atoms with E-state index in [0.29, 0.717) is 0 Å². The minimum Gasteiger partial charge on any atom is -0.344 e. The molecule has 1 N–H and O–H groups in total. The van der Waals surface area contributed by atoms with Crippen molar-refractivity contribution in [1.82, 2.24) is 5.32 Å². The van der Waals surface area contributed by atoms with Gasteiger partial charge in [-0.25, -0.2) is 0 Å². The predicted molar refractivity (Wildman–Crippen MR) is 138 cm³/mol. The molecule has 2 nitrogen and oxygen atoms in total. The van der Waals surface area contributed by atoms with Gasteiger partial charge in [0, 0.05) is 41.3 Å². The minimum atomic E-state index is 0.817. The van der Waals surface area contributed by atoms with Crippen molar-refractivity contribution >= 4 is 23.1 Å². The van der Waals surface area contributed by atoms with Crippen molar-refractivity contribution in [3.8, 4) is 0 Å². The second-order valence-electron chi connectivity index (χ2n) is 7.83. The number of nitrogens with one attached hydrogen (secondary N) is 1. The lowest BCUT2D eigenvalue weighted by Gasteiger charge is -2.23. The van der Waals surface area contributed by atoms with Crippen molar-refractivity contribution in [3.05, 3.63) is 120 Å². The molecule has 32 heavy (non-hydrogen) atoms. The van der Waals surface area contributed by atoms with E-state index in [-0.39, 0.29) is 0 Å². The van der Waals surface area contributed by atoms with Gasteiger partial charge in [0.25, 0.3) is 0 Å². The standard InChI is InChI=1S/C29H30N2S/c1-3-23-17-19-27(20-18-23)32-29-16-10-8-12-25(29)22-30-21-24-11-7-9-15-28(24)31(2)26-13-5-4-6-14-26/h4-20,30H,3,21-22H2,1-2H3. The lowest BCUT2D eigenvalue weighted by Crippen LogP contribution is -2.17. The summed E-state index contributed by atoms with van der Waals surface area (Å²) in [5, 5.41) is 3.67. The summed E-state index contributed by atoms with van der Waals surface area (Å²) in [6.45, 7) is 3.84. The fourth-order valence-electron chi connectivity index (χ4n) is 3.78. The molecule has 0 heterocycles. The van der Waals surface area contributed by atoms with Gasteiger partial charge < -0.3 is 10.2 Å². The maximum atomic E-state index is 3.67. The van der Waals surface area contributed by atoms with Crippen molar-refractivity contribution in [2.75, 3.05) is 11.9 Å². The molecule has 0 bridgehead atoms. The number of nitrogens with zero attached hydrogens (tertiary/aromatic N) is 1. The molecule has 0 aromatic heterocycles. The van der Waals surface area contributed by atoms with Crippen LogP contribution >= 0.6 is 11.8 Å². The molecule has 4 aromatic carbocycles. The van der Waals surface area contributed by atoms with Gasteiger partial charge >= 0.3 is 0 Å². The summed E-state index contributed by atoms with van der Waals surface area (Å²) < 4.78 is 0. The van der Waals surface area contributed by atoms with Gasteiger partial charge in [0.05, 0.1) is 0 Å². The Bertz CT molecular complexity index is 1120. The Kier molecular flexibility index (Phi) is 7.65. The number of para-hydroxylation sites is 2. The Balaban J connectivity index is 1.43. The van der Waals surface area contributed by atoms with Gasteiger partial charge in [-0.1, -0.05) is 85.4 Å². The molecule has 4 aromatic rings. The normalized spacial score (nSPS) is 10.8. The van der Waals surface area contributed by atoms with Gasteiger partial charge in [0.1, 0.15) is 0 Å². The van der Waals surface area contributed by atoms with Crippen LogP contribution in [0.2, 0.25) is 0 Å². The van der Waals surface area contributed by atoms with Crippen LogP contribution in [0, 0.1) is 0 Å². The fourth-order valence-corrected chi connectivity index (χ4v) is 4.72. The quantitative estimate of drug-likeness (QED) is 0.292. The summed E-state index contributed by atoms with van der Waals surface area (Å²) in [6, 6.07) is 36.7. The highest BCUT2D eigenvalue weighted by Gasteiger charge is 2.09. The van der Waals surface area contributed by atoms with Crippen LogP contribution in [-0.2, 0) is 19.5 Å². The van der Waals surface area contributed by atoms with Crippen LogP contribution in [0.5, 0.6) is 0 Å². The average Bonchev–Trinajstić information content (AvgIpc) is 2.86. The van der Waals surface area contributed by atoms with Crippen LogP contribution in [-0.4, -0.2) is 7.05 Å². The first-order valence-electron chi connectivity index (χ1n) is 11.2. The smallest absolute Gasteiger partial charge is 0.0453 e. The summed E-state index contributed by atoms with van der Waals surface area (Å²) in [5.41, 5.74) is 6.41. The Labute approximate surface area is 196 Å². The lowest BCUT2D eigenvalue weighted by molar-refractivity contribution is 0.685. The molecule has 0 unspecified atom stereocenters. The SMILES string of the molecule is CCc1ccc(Sc2ccccc2CNCc2ccccc2N(C)c2ccccc2)cc1. The molecular formula is C29H30N2S. The monoisotopic (exact) mass is 438 g/mol. The lowest BCUT2D eigenvalue weighted by atomic mass is 10.1. The summed E-state index contributed by atoms with van der Waals surface area (Å²) in [4.78, 5) is 4.84. The predicted octanol–water partition coefficient (Wildman–Crippen LogP) is 7.46. The van der Waals surface area contributed by atoms with Crippen molar-refractivity contribution < 1.29 is 0 Å². The highest BCUT2D eigenvalue weighted by Crippen LogP contribution is 2.31. The summed E-state index contributed by atoms with van der Waals surface area (Å²) >= 11 is 1.84. The average molecular weight is 439 g/mol. The molecule has 4 rings (SSSR count). The van der Waals surface area contributed by atoms with E-state index >= 15 is 0 Å². The molecule has 0 aliphatic heterocycles. The molecule has 0 saturated carbocycles. The molecule has 0 aliphatic rings. The Morgan fingerprint density at radius 2 is 1.31 bits per heavy atom. The van der Waals surface area contributed by atoms with E-state index in [4.69, 9.17) is 0 Å². The molecule has 0 spiro atoms. The van der Waals surface area contributed by atoms with E-state index in [1.54, 1.807) is 0 Å². The zero-order chi connectivity index (χ0) is 22.2.